The first-order chi connectivity index (χ1) is 13.1. The average Bonchev–Trinajstić information content (AvgIpc) is 3.51. The molecule has 2 saturated heterocycles. The molecular formula is C21H30N4O2. The second-order valence-corrected chi connectivity index (χ2v) is 8.23. The molecular weight excluding hydrogens is 340 g/mol. The number of carbonyl (C=O) groups is 2. The van der Waals surface area contributed by atoms with Gasteiger partial charge in [0, 0.05) is 58.9 Å². The molecule has 27 heavy (non-hydrogen) atoms. The molecule has 2 aliphatic heterocycles. The third-order valence-electron chi connectivity index (χ3n) is 6.27. The molecule has 1 aliphatic carbocycles. The highest BCUT2D eigenvalue weighted by Gasteiger charge is 2.59. The zero-order valence-electron chi connectivity index (χ0n) is 16.3. The molecule has 0 aromatic heterocycles. The van der Waals surface area contributed by atoms with E-state index in [-0.39, 0.29) is 11.8 Å². The minimum atomic E-state index is -0.739. The van der Waals surface area contributed by atoms with Crippen LogP contribution in [0, 0.1) is 5.41 Å². The van der Waals surface area contributed by atoms with Crippen LogP contribution in [-0.4, -0.2) is 90.8 Å². The second kappa shape index (κ2) is 7.60. The van der Waals surface area contributed by atoms with Gasteiger partial charge in [0.05, 0.1) is 0 Å². The molecule has 3 aliphatic rings. The lowest BCUT2D eigenvalue weighted by Gasteiger charge is -2.38. The summed E-state index contributed by atoms with van der Waals surface area (Å²) in [7, 11) is 2.08. The molecule has 0 radical (unpaired) electrons. The van der Waals surface area contributed by atoms with Gasteiger partial charge in [-0.3, -0.25) is 14.5 Å². The molecule has 0 spiro atoms. The topological polar surface area (TPSA) is 47.1 Å². The van der Waals surface area contributed by atoms with Gasteiger partial charge in [-0.15, -0.1) is 0 Å². The Labute approximate surface area is 161 Å². The summed E-state index contributed by atoms with van der Waals surface area (Å²) in [5.41, 5.74) is 0.568. The van der Waals surface area contributed by atoms with Gasteiger partial charge >= 0.3 is 0 Å². The molecule has 0 unspecified atom stereocenters. The molecule has 4 rings (SSSR count). The van der Waals surface area contributed by atoms with Crippen molar-refractivity contribution < 1.29 is 9.59 Å². The highest BCUT2D eigenvalue weighted by Crippen LogP contribution is 2.49. The number of rotatable bonds is 4. The minimum absolute atomic E-state index is 0.0748. The normalized spacial score (nSPS) is 23.3. The van der Waals surface area contributed by atoms with Crippen LogP contribution in [0.1, 0.15) is 18.4 Å². The summed E-state index contributed by atoms with van der Waals surface area (Å²) < 4.78 is 0. The van der Waals surface area contributed by atoms with E-state index in [9.17, 15) is 9.59 Å². The Morgan fingerprint density at radius 2 is 1.33 bits per heavy atom. The molecule has 0 N–H and O–H groups in total. The summed E-state index contributed by atoms with van der Waals surface area (Å²) in [6, 6.07) is 10.5. The molecule has 2 amide bonds. The average molecular weight is 370 g/mol. The maximum Gasteiger partial charge on any atom is 0.238 e. The lowest BCUT2D eigenvalue weighted by molar-refractivity contribution is -0.151. The van der Waals surface area contributed by atoms with Crippen LogP contribution in [0.3, 0.4) is 0 Å². The SMILES string of the molecule is CN1CCN(C(=O)C2(C(=O)N3CCN(Cc4ccccc4)CC3)CC2)CC1. The Bertz CT molecular complexity index is 673. The van der Waals surface area contributed by atoms with Gasteiger partial charge < -0.3 is 14.7 Å². The van der Waals surface area contributed by atoms with E-state index in [1.807, 2.05) is 15.9 Å². The predicted molar refractivity (Wildman–Crippen MR) is 104 cm³/mol. The third-order valence-corrected chi connectivity index (χ3v) is 6.27. The standard InChI is InChI=1S/C21H30N4O2/c1-22-9-13-24(14-10-22)19(26)21(7-8-21)20(27)25-15-11-23(12-16-25)17-18-5-3-2-4-6-18/h2-6H,7-17H2,1H3. The predicted octanol–water partition coefficient (Wildman–Crippen LogP) is 0.885. The van der Waals surface area contributed by atoms with Crippen molar-refractivity contribution in [1.82, 2.24) is 19.6 Å². The molecule has 6 heteroatoms. The number of benzene rings is 1. The van der Waals surface area contributed by atoms with E-state index in [0.29, 0.717) is 0 Å². The zero-order chi connectivity index (χ0) is 18.9. The maximum atomic E-state index is 13.1. The smallest absolute Gasteiger partial charge is 0.238 e. The molecule has 6 nitrogen and oxygen atoms in total. The van der Waals surface area contributed by atoms with Crippen molar-refractivity contribution in [3.8, 4) is 0 Å². The van der Waals surface area contributed by atoms with Gasteiger partial charge in [0.1, 0.15) is 5.41 Å². The summed E-state index contributed by atoms with van der Waals surface area (Å²) in [6.07, 6.45) is 1.45. The van der Waals surface area contributed by atoms with E-state index in [1.54, 1.807) is 0 Å². The van der Waals surface area contributed by atoms with Crippen LogP contribution in [0.4, 0.5) is 0 Å². The summed E-state index contributed by atoms with van der Waals surface area (Å²) in [5, 5.41) is 0. The Kier molecular flexibility index (Phi) is 5.19. The van der Waals surface area contributed by atoms with Crippen molar-refractivity contribution in [3.05, 3.63) is 35.9 Å². The number of likely N-dealkylation sites (N-methyl/N-ethyl adjacent to an activating group) is 1. The molecule has 3 fully saturated rings. The number of hydrogen-bond acceptors (Lipinski definition) is 4. The van der Waals surface area contributed by atoms with Crippen LogP contribution in [0.15, 0.2) is 30.3 Å². The van der Waals surface area contributed by atoms with Gasteiger partial charge in [-0.2, -0.15) is 0 Å². The third kappa shape index (κ3) is 3.87. The van der Waals surface area contributed by atoms with E-state index >= 15 is 0 Å². The highest BCUT2D eigenvalue weighted by atomic mass is 16.2. The van der Waals surface area contributed by atoms with Gasteiger partial charge in [0.25, 0.3) is 0 Å². The van der Waals surface area contributed by atoms with Gasteiger partial charge in [-0.05, 0) is 25.5 Å². The number of nitrogens with zero attached hydrogens (tertiary/aromatic N) is 4. The second-order valence-electron chi connectivity index (χ2n) is 8.23. The molecule has 0 atom stereocenters. The largest absolute Gasteiger partial charge is 0.339 e. The van der Waals surface area contributed by atoms with E-state index in [1.165, 1.54) is 5.56 Å². The molecule has 0 bridgehead atoms. The molecule has 146 valence electrons. The molecule has 1 saturated carbocycles. The summed E-state index contributed by atoms with van der Waals surface area (Å²) in [4.78, 5) is 34.6. The van der Waals surface area contributed by atoms with Crippen molar-refractivity contribution in [1.29, 1.82) is 0 Å². The molecule has 1 aromatic rings. The lowest BCUT2D eigenvalue weighted by Crippen LogP contribution is -2.55. The van der Waals surface area contributed by atoms with Crippen LogP contribution in [0.2, 0.25) is 0 Å². The van der Waals surface area contributed by atoms with Crippen molar-refractivity contribution in [3.63, 3.8) is 0 Å². The Morgan fingerprint density at radius 1 is 0.815 bits per heavy atom. The van der Waals surface area contributed by atoms with Crippen molar-refractivity contribution in [2.24, 2.45) is 5.41 Å². The van der Waals surface area contributed by atoms with Crippen LogP contribution in [0.5, 0.6) is 0 Å². The molecule has 1 aromatic carbocycles. The van der Waals surface area contributed by atoms with Gasteiger partial charge in [0.2, 0.25) is 11.8 Å². The van der Waals surface area contributed by atoms with E-state index in [2.05, 4.69) is 41.1 Å². The van der Waals surface area contributed by atoms with Crippen molar-refractivity contribution in [2.75, 3.05) is 59.4 Å². The van der Waals surface area contributed by atoms with Gasteiger partial charge in [-0.1, -0.05) is 30.3 Å². The number of hydrogen-bond donors (Lipinski definition) is 0. The van der Waals surface area contributed by atoms with Gasteiger partial charge in [0.15, 0.2) is 0 Å². The first kappa shape index (κ1) is 18.4. The Hall–Kier alpha value is -1.92. The van der Waals surface area contributed by atoms with Crippen LogP contribution in [-0.2, 0) is 16.1 Å². The fourth-order valence-corrected chi connectivity index (χ4v) is 4.21. The van der Waals surface area contributed by atoms with E-state index < -0.39 is 5.41 Å². The van der Waals surface area contributed by atoms with E-state index in [4.69, 9.17) is 0 Å². The van der Waals surface area contributed by atoms with Gasteiger partial charge in [-0.25, -0.2) is 0 Å². The monoisotopic (exact) mass is 370 g/mol. The van der Waals surface area contributed by atoms with Crippen LogP contribution < -0.4 is 0 Å². The van der Waals surface area contributed by atoms with Crippen molar-refractivity contribution in [2.45, 2.75) is 19.4 Å². The fourth-order valence-electron chi connectivity index (χ4n) is 4.21. The Balaban J connectivity index is 1.32. The zero-order valence-corrected chi connectivity index (χ0v) is 16.3. The maximum absolute atomic E-state index is 13.1. The lowest BCUT2D eigenvalue weighted by atomic mass is 10.0. The number of carbonyl (C=O) groups excluding carboxylic acids is 2. The highest BCUT2D eigenvalue weighted by molar-refractivity contribution is 6.07. The van der Waals surface area contributed by atoms with Crippen molar-refractivity contribution >= 4 is 11.8 Å². The summed E-state index contributed by atoms with van der Waals surface area (Å²) in [6.45, 7) is 7.41. The number of piperazine rings is 2. The number of amides is 2. The summed E-state index contributed by atoms with van der Waals surface area (Å²) in [5.74, 6) is 0.151. The first-order valence-electron chi connectivity index (χ1n) is 10.1. The fraction of sp³-hybridized carbons (Fsp3) is 0.619. The molecule has 2 heterocycles. The summed E-state index contributed by atoms with van der Waals surface area (Å²) >= 11 is 0. The Morgan fingerprint density at radius 3 is 1.85 bits per heavy atom. The van der Waals surface area contributed by atoms with Crippen LogP contribution in [0.25, 0.3) is 0 Å². The quantitative estimate of drug-likeness (QED) is 0.739. The first-order valence-corrected chi connectivity index (χ1v) is 10.1. The minimum Gasteiger partial charge on any atom is -0.339 e. The van der Waals surface area contributed by atoms with Crippen LogP contribution >= 0.6 is 0 Å². The van der Waals surface area contributed by atoms with E-state index in [0.717, 1.165) is 71.7 Å².